The molecular weight excluding hydrogens is 173 g/mol. The van der Waals surface area contributed by atoms with Gasteiger partial charge in [-0.1, -0.05) is 0 Å². The predicted molar refractivity (Wildman–Crippen MR) is 46.1 cm³/mol. The third kappa shape index (κ3) is 1.42. The van der Waals surface area contributed by atoms with Crippen LogP contribution in [-0.2, 0) is 0 Å². The molecule has 0 saturated heterocycles. The summed E-state index contributed by atoms with van der Waals surface area (Å²) < 4.78 is 11.9. The first-order valence-electron chi connectivity index (χ1n) is 3.85. The Labute approximate surface area is 73.4 Å². The number of H-pyrrole nitrogens is 1. The van der Waals surface area contributed by atoms with Gasteiger partial charge < -0.3 is 10.3 Å². The van der Waals surface area contributed by atoms with Gasteiger partial charge in [0.15, 0.2) is 11.5 Å². The van der Waals surface area contributed by atoms with E-state index in [0.717, 1.165) is 0 Å². The number of fused-ring (bicyclic) bond motifs is 1. The lowest BCUT2D eigenvalue weighted by Gasteiger charge is -2.01. The van der Waals surface area contributed by atoms with Crippen LogP contribution in [0.5, 0.6) is 0 Å². The van der Waals surface area contributed by atoms with Crippen molar-refractivity contribution in [2.24, 2.45) is 0 Å². The van der Waals surface area contributed by atoms with Gasteiger partial charge in [0.2, 0.25) is 0 Å². The molecule has 2 aromatic rings. The molecule has 0 amide bonds. The maximum Gasteiger partial charge on any atom is 0.162 e. The molecule has 0 saturated carbocycles. The van der Waals surface area contributed by atoms with Crippen molar-refractivity contribution in [1.29, 1.82) is 0 Å². The normalized spacial score (nSPS) is 10.5. The Balaban J connectivity index is 2.37. The lowest BCUT2D eigenvalue weighted by atomic mass is 10.5. The van der Waals surface area contributed by atoms with Gasteiger partial charge in [-0.05, 0) is 0 Å². The highest BCUT2D eigenvalue weighted by Crippen LogP contribution is 2.13. The molecule has 0 spiro atoms. The van der Waals surface area contributed by atoms with E-state index in [2.05, 4.69) is 25.3 Å². The zero-order valence-corrected chi connectivity index (χ0v) is 6.79. The molecule has 2 heterocycles. The zero-order valence-electron chi connectivity index (χ0n) is 6.79. The van der Waals surface area contributed by atoms with Gasteiger partial charge in [0.1, 0.15) is 18.5 Å². The van der Waals surface area contributed by atoms with Gasteiger partial charge in [0, 0.05) is 6.54 Å². The van der Waals surface area contributed by atoms with Gasteiger partial charge in [-0.25, -0.2) is 19.3 Å². The van der Waals surface area contributed by atoms with Crippen LogP contribution in [0.25, 0.3) is 11.2 Å². The van der Waals surface area contributed by atoms with E-state index in [1.54, 1.807) is 0 Å². The largest absolute Gasteiger partial charge is 0.365 e. The van der Waals surface area contributed by atoms with Crippen LogP contribution in [0.2, 0.25) is 0 Å². The van der Waals surface area contributed by atoms with E-state index in [1.165, 1.54) is 12.7 Å². The number of hydrogen-bond acceptors (Lipinski definition) is 4. The van der Waals surface area contributed by atoms with Crippen LogP contribution >= 0.6 is 0 Å². The second-order valence-corrected chi connectivity index (χ2v) is 2.44. The van der Waals surface area contributed by atoms with E-state index >= 15 is 0 Å². The third-order valence-corrected chi connectivity index (χ3v) is 1.60. The quantitative estimate of drug-likeness (QED) is 0.732. The maximum absolute atomic E-state index is 11.9. The van der Waals surface area contributed by atoms with Crippen LogP contribution in [0.4, 0.5) is 10.2 Å². The third-order valence-electron chi connectivity index (χ3n) is 1.60. The molecule has 2 aromatic heterocycles. The van der Waals surface area contributed by atoms with Gasteiger partial charge in [0.05, 0.1) is 6.33 Å². The Morgan fingerprint density at radius 2 is 2.31 bits per heavy atom. The fraction of sp³-hybridized carbons (Fsp3) is 0.286. The Kier molecular flexibility index (Phi) is 2.03. The van der Waals surface area contributed by atoms with Crippen molar-refractivity contribution < 1.29 is 4.39 Å². The van der Waals surface area contributed by atoms with Crippen LogP contribution < -0.4 is 5.32 Å². The molecule has 0 fully saturated rings. The second kappa shape index (κ2) is 3.34. The van der Waals surface area contributed by atoms with Crippen LogP contribution in [0.3, 0.4) is 0 Å². The number of hydrogen-bond donors (Lipinski definition) is 2. The molecule has 68 valence electrons. The average Bonchev–Trinajstić information content (AvgIpc) is 2.62. The highest BCUT2D eigenvalue weighted by molar-refractivity contribution is 5.81. The monoisotopic (exact) mass is 181 g/mol. The molecule has 0 bridgehead atoms. The number of anilines is 1. The Morgan fingerprint density at radius 1 is 1.38 bits per heavy atom. The summed E-state index contributed by atoms with van der Waals surface area (Å²) in [6, 6.07) is 0. The van der Waals surface area contributed by atoms with Crippen LogP contribution in [0, 0.1) is 0 Å². The molecule has 0 atom stereocenters. The van der Waals surface area contributed by atoms with Crippen molar-refractivity contribution in [1.82, 2.24) is 19.9 Å². The lowest BCUT2D eigenvalue weighted by molar-refractivity contribution is 0.512. The molecule has 13 heavy (non-hydrogen) atoms. The SMILES string of the molecule is FCCNc1ncnc2[nH]cnc12. The number of nitrogens with zero attached hydrogens (tertiary/aromatic N) is 3. The van der Waals surface area contributed by atoms with Gasteiger partial charge >= 0.3 is 0 Å². The molecule has 2 rings (SSSR count). The summed E-state index contributed by atoms with van der Waals surface area (Å²) >= 11 is 0. The summed E-state index contributed by atoms with van der Waals surface area (Å²) in [5.41, 5.74) is 1.28. The number of halogens is 1. The number of imidazole rings is 1. The first-order chi connectivity index (χ1) is 6.42. The van der Waals surface area contributed by atoms with Crippen molar-refractivity contribution in [2.45, 2.75) is 0 Å². The summed E-state index contributed by atoms with van der Waals surface area (Å²) in [7, 11) is 0. The Bertz CT molecular complexity index is 398. The van der Waals surface area contributed by atoms with Crippen molar-refractivity contribution in [3.8, 4) is 0 Å². The van der Waals surface area contributed by atoms with E-state index in [-0.39, 0.29) is 6.54 Å². The first-order valence-corrected chi connectivity index (χ1v) is 3.85. The molecule has 0 aliphatic carbocycles. The minimum absolute atomic E-state index is 0.235. The number of nitrogens with one attached hydrogen (secondary N) is 2. The minimum atomic E-state index is -0.435. The van der Waals surface area contributed by atoms with Crippen molar-refractivity contribution in [3.63, 3.8) is 0 Å². The van der Waals surface area contributed by atoms with E-state index in [4.69, 9.17) is 0 Å². The van der Waals surface area contributed by atoms with Crippen LogP contribution in [-0.4, -0.2) is 33.2 Å². The summed E-state index contributed by atoms with van der Waals surface area (Å²) in [6.45, 7) is -0.200. The lowest BCUT2D eigenvalue weighted by Crippen LogP contribution is -2.05. The molecule has 0 aliphatic rings. The minimum Gasteiger partial charge on any atom is -0.365 e. The van der Waals surface area contributed by atoms with E-state index in [1.807, 2.05) is 0 Å². The van der Waals surface area contributed by atoms with E-state index < -0.39 is 6.67 Å². The molecule has 0 aromatic carbocycles. The average molecular weight is 181 g/mol. The van der Waals surface area contributed by atoms with Crippen LogP contribution in [0.1, 0.15) is 0 Å². The second-order valence-electron chi connectivity index (χ2n) is 2.44. The summed E-state index contributed by atoms with van der Waals surface area (Å²) in [5.74, 6) is 0.559. The van der Waals surface area contributed by atoms with Crippen LogP contribution in [0.15, 0.2) is 12.7 Å². The number of alkyl halides is 1. The number of rotatable bonds is 3. The topological polar surface area (TPSA) is 66.5 Å². The smallest absolute Gasteiger partial charge is 0.162 e. The zero-order chi connectivity index (χ0) is 9.10. The van der Waals surface area contributed by atoms with E-state index in [9.17, 15) is 4.39 Å². The van der Waals surface area contributed by atoms with Gasteiger partial charge in [-0.15, -0.1) is 0 Å². The Hall–Kier alpha value is -1.72. The molecule has 0 unspecified atom stereocenters. The fourth-order valence-corrected chi connectivity index (χ4v) is 1.06. The predicted octanol–water partition coefficient (Wildman–Crippen LogP) is 0.734. The van der Waals surface area contributed by atoms with Crippen molar-refractivity contribution in [2.75, 3.05) is 18.5 Å². The van der Waals surface area contributed by atoms with Gasteiger partial charge in [0.25, 0.3) is 0 Å². The highest BCUT2D eigenvalue weighted by Gasteiger charge is 2.03. The molecular formula is C7H8FN5. The molecule has 2 N–H and O–H groups in total. The number of aromatic amines is 1. The standard InChI is InChI=1S/C7H8FN5/c8-1-2-9-6-5-7(11-3-10-5)13-4-12-6/h3-4H,1-2H2,(H2,9,10,11,12,13). The highest BCUT2D eigenvalue weighted by atomic mass is 19.1. The molecule has 0 radical (unpaired) electrons. The maximum atomic E-state index is 11.9. The number of aromatic nitrogens is 4. The van der Waals surface area contributed by atoms with Crippen molar-refractivity contribution in [3.05, 3.63) is 12.7 Å². The molecule has 0 aliphatic heterocycles. The van der Waals surface area contributed by atoms with Gasteiger partial charge in [-0.3, -0.25) is 0 Å². The van der Waals surface area contributed by atoms with Gasteiger partial charge in [-0.2, -0.15) is 0 Å². The summed E-state index contributed by atoms with van der Waals surface area (Å²) in [5, 5.41) is 2.81. The van der Waals surface area contributed by atoms with E-state index in [0.29, 0.717) is 17.0 Å². The molecule has 5 nitrogen and oxygen atoms in total. The van der Waals surface area contributed by atoms with Crippen molar-refractivity contribution >= 4 is 17.0 Å². The fourth-order valence-electron chi connectivity index (χ4n) is 1.06. The summed E-state index contributed by atoms with van der Waals surface area (Å²) in [4.78, 5) is 14.7. The Morgan fingerprint density at radius 3 is 3.15 bits per heavy atom. The first kappa shape index (κ1) is 7.90. The molecule has 6 heteroatoms. The summed E-state index contributed by atoms with van der Waals surface area (Å²) in [6.07, 6.45) is 2.93.